The summed E-state index contributed by atoms with van der Waals surface area (Å²) in [4.78, 5) is 26.3. The maximum Gasteiger partial charge on any atom is 0.492 e. The molecule has 3 aromatic carbocycles. The highest BCUT2D eigenvalue weighted by atomic mass is 19.1. The van der Waals surface area contributed by atoms with Gasteiger partial charge in [-0.2, -0.15) is 0 Å². The van der Waals surface area contributed by atoms with Crippen LogP contribution in [0.1, 0.15) is 39.5 Å². The second-order valence-electron chi connectivity index (χ2n) is 8.66. The van der Waals surface area contributed by atoms with E-state index in [0.717, 1.165) is 11.1 Å². The first-order valence-electron chi connectivity index (χ1n) is 11.6. The zero-order chi connectivity index (χ0) is 25.7. The topological polar surface area (TPSA) is 94.1 Å². The fraction of sp³-hybridized carbons (Fsp3) is 0.259. The lowest BCUT2D eigenvalue weighted by Crippen LogP contribution is -2.49. The van der Waals surface area contributed by atoms with E-state index in [1.165, 1.54) is 24.3 Å². The van der Waals surface area contributed by atoms with Crippen molar-refractivity contribution in [1.82, 2.24) is 5.32 Å². The summed E-state index contributed by atoms with van der Waals surface area (Å²) in [5.74, 6) is -1.58. The van der Waals surface area contributed by atoms with E-state index in [0.29, 0.717) is 22.2 Å². The highest BCUT2D eigenvalue weighted by Crippen LogP contribution is 2.17. The number of hydrogen-bond donors (Lipinski definition) is 2. The minimum absolute atomic E-state index is 0.0850. The first-order valence-corrected chi connectivity index (χ1v) is 11.6. The summed E-state index contributed by atoms with van der Waals surface area (Å²) in [6, 6.07) is 17.3. The maximum atomic E-state index is 13.2. The Kier molecular flexibility index (Phi) is 8.15. The summed E-state index contributed by atoms with van der Waals surface area (Å²) >= 11 is 0. The quantitative estimate of drug-likeness (QED) is 0.353. The van der Waals surface area contributed by atoms with Crippen molar-refractivity contribution in [2.75, 3.05) is 0 Å². The second-order valence-corrected chi connectivity index (χ2v) is 8.66. The largest absolute Gasteiger partial charge is 0.492 e. The molecule has 1 aliphatic heterocycles. The lowest BCUT2D eigenvalue weighted by atomic mass is 9.75. The van der Waals surface area contributed by atoms with Crippen molar-refractivity contribution in [3.05, 3.63) is 100 Å². The fourth-order valence-electron chi connectivity index (χ4n) is 4.06. The third-order valence-corrected chi connectivity index (χ3v) is 6.15. The molecule has 4 rings (SSSR count). The van der Waals surface area contributed by atoms with Gasteiger partial charge in [-0.1, -0.05) is 48.5 Å². The molecular formula is C27H27BFNO6. The number of fused-ring (bicyclic) bond motifs is 1. The smallest absolute Gasteiger partial charge is 0.459 e. The monoisotopic (exact) mass is 491 g/mol. The highest BCUT2D eigenvalue weighted by Gasteiger charge is 2.33. The molecule has 1 amide bonds. The van der Waals surface area contributed by atoms with Crippen molar-refractivity contribution in [1.29, 1.82) is 0 Å². The van der Waals surface area contributed by atoms with Gasteiger partial charge < -0.3 is 24.5 Å². The van der Waals surface area contributed by atoms with Crippen LogP contribution in [0.4, 0.5) is 4.39 Å². The van der Waals surface area contributed by atoms with E-state index < -0.39 is 37.0 Å². The fourth-order valence-corrected chi connectivity index (χ4v) is 4.06. The number of carbonyl (C=O) groups is 2. The Labute approximate surface area is 209 Å². The molecule has 0 unspecified atom stereocenters. The van der Waals surface area contributed by atoms with Crippen LogP contribution in [0.25, 0.3) is 0 Å². The molecule has 0 aromatic heterocycles. The zero-order valence-electron chi connectivity index (χ0n) is 20.1. The Bertz CT molecular complexity index is 1220. The Morgan fingerprint density at radius 1 is 1.06 bits per heavy atom. The molecular weight excluding hydrogens is 464 g/mol. The molecule has 1 aliphatic rings. The first kappa shape index (κ1) is 25.6. The van der Waals surface area contributed by atoms with E-state index in [1.54, 1.807) is 26.0 Å². The number of nitrogens with one attached hydrogen (secondary N) is 1. The van der Waals surface area contributed by atoms with E-state index in [-0.39, 0.29) is 19.8 Å². The van der Waals surface area contributed by atoms with Gasteiger partial charge in [-0.25, -0.2) is 9.18 Å². The van der Waals surface area contributed by atoms with E-state index in [9.17, 15) is 19.0 Å². The molecule has 9 heteroatoms. The molecule has 186 valence electrons. The van der Waals surface area contributed by atoms with Crippen LogP contribution < -0.4 is 10.8 Å². The number of rotatable bonds is 9. The molecule has 3 aromatic rings. The number of carbonyl (C=O) groups excluding carboxylic acids is 2. The molecule has 7 nitrogen and oxygen atoms in total. The average molecular weight is 491 g/mol. The predicted octanol–water partition coefficient (Wildman–Crippen LogP) is 2.80. The van der Waals surface area contributed by atoms with Gasteiger partial charge in [-0.3, -0.25) is 4.79 Å². The zero-order valence-corrected chi connectivity index (χ0v) is 20.1. The number of ether oxygens (including phenoxy) is 2. The molecule has 2 N–H and O–H groups in total. The molecule has 0 radical (unpaired) electrons. The third-order valence-electron chi connectivity index (χ3n) is 6.15. The van der Waals surface area contributed by atoms with Crippen LogP contribution in [0.5, 0.6) is 0 Å². The van der Waals surface area contributed by atoms with Crippen LogP contribution in [0.15, 0.2) is 66.7 Å². The molecule has 0 aliphatic carbocycles. The molecule has 2 atom stereocenters. The van der Waals surface area contributed by atoms with Gasteiger partial charge in [0.2, 0.25) is 0 Å². The summed E-state index contributed by atoms with van der Waals surface area (Å²) in [6.45, 7) is 3.82. The van der Waals surface area contributed by atoms with Crippen LogP contribution in [0, 0.1) is 12.7 Å². The lowest BCUT2D eigenvalue weighted by Gasteiger charge is -2.24. The summed E-state index contributed by atoms with van der Waals surface area (Å²) in [7, 11) is -1.10. The van der Waals surface area contributed by atoms with Gasteiger partial charge in [0.05, 0.1) is 19.3 Å². The van der Waals surface area contributed by atoms with Gasteiger partial charge in [-0.15, -0.1) is 0 Å². The van der Waals surface area contributed by atoms with E-state index in [4.69, 9.17) is 14.1 Å². The Balaban J connectivity index is 1.50. The summed E-state index contributed by atoms with van der Waals surface area (Å²) < 4.78 is 29.8. The number of hydrogen-bond acceptors (Lipinski definition) is 6. The molecule has 0 saturated heterocycles. The van der Waals surface area contributed by atoms with Gasteiger partial charge in [-0.05, 0) is 59.8 Å². The van der Waals surface area contributed by atoms with Crippen molar-refractivity contribution in [3.63, 3.8) is 0 Å². The van der Waals surface area contributed by atoms with Crippen molar-refractivity contribution < 1.29 is 33.1 Å². The molecule has 36 heavy (non-hydrogen) atoms. The SMILES string of the molecule is Cc1c(C(=O)N[C@H](C(=O)OCc2ccc(F)cc2)[C@@H](C)OCc2ccccc2)ccc2c1B(O)OC2. The first-order chi connectivity index (χ1) is 17.3. The molecule has 1 heterocycles. The van der Waals surface area contributed by atoms with Gasteiger partial charge in [0.25, 0.3) is 5.91 Å². The maximum absolute atomic E-state index is 13.2. The number of amides is 1. The second kappa shape index (κ2) is 11.5. The standard InChI is InChI=1S/C27H27BFNO6/c1-17-23(13-10-21-16-36-28(33)24(17)21)26(31)30-25(18(2)34-14-19-6-4-3-5-7-19)27(32)35-15-20-8-11-22(29)12-9-20/h3-13,18,25,33H,14-16H2,1-2H3,(H,30,31)/t18-,25+/m1/s1. The molecule has 0 spiro atoms. The van der Waals surface area contributed by atoms with Crippen molar-refractivity contribution in [2.45, 2.75) is 45.8 Å². The van der Waals surface area contributed by atoms with Crippen LogP contribution in [-0.2, 0) is 38.7 Å². The van der Waals surface area contributed by atoms with E-state index in [2.05, 4.69) is 5.32 Å². The third kappa shape index (κ3) is 5.99. The summed E-state index contributed by atoms with van der Waals surface area (Å²) in [5.41, 5.74) is 3.78. The van der Waals surface area contributed by atoms with Crippen LogP contribution in [0.3, 0.4) is 0 Å². The summed E-state index contributed by atoms with van der Waals surface area (Å²) in [6.07, 6.45) is -0.724. The number of halogens is 1. The van der Waals surface area contributed by atoms with Crippen molar-refractivity contribution in [2.24, 2.45) is 0 Å². The van der Waals surface area contributed by atoms with Gasteiger partial charge in [0.15, 0.2) is 6.04 Å². The lowest BCUT2D eigenvalue weighted by molar-refractivity contribution is -0.151. The minimum Gasteiger partial charge on any atom is -0.459 e. The molecule has 0 fully saturated rings. The van der Waals surface area contributed by atoms with Gasteiger partial charge in [0.1, 0.15) is 12.4 Å². The molecule has 0 bridgehead atoms. The summed E-state index contributed by atoms with van der Waals surface area (Å²) in [5, 5.41) is 12.9. The normalized spacial score (nSPS) is 14.2. The highest BCUT2D eigenvalue weighted by molar-refractivity contribution is 6.62. The average Bonchev–Trinajstić information content (AvgIpc) is 3.27. The predicted molar refractivity (Wildman–Crippen MR) is 132 cm³/mol. The van der Waals surface area contributed by atoms with Crippen LogP contribution in [0.2, 0.25) is 0 Å². The Morgan fingerprint density at radius 2 is 1.75 bits per heavy atom. The molecule has 0 saturated carbocycles. The number of esters is 1. The van der Waals surface area contributed by atoms with Crippen LogP contribution >= 0.6 is 0 Å². The van der Waals surface area contributed by atoms with Gasteiger partial charge >= 0.3 is 13.1 Å². The Hall–Kier alpha value is -3.53. The van der Waals surface area contributed by atoms with Crippen molar-refractivity contribution >= 4 is 24.5 Å². The number of benzene rings is 3. The van der Waals surface area contributed by atoms with E-state index in [1.807, 2.05) is 30.3 Å². The minimum atomic E-state index is -1.12. The van der Waals surface area contributed by atoms with Crippen molar-refractivity contribution in [3.8, 4) is 0 Å². The van der Waals surface area contributed by atoms with Gasteiger partial charge in [0, 0.05) is 5.56 Å². The van der Waals surface area contributed by atoms with E-state index >= 15 is 0 Å². The van der Waals surface area contributed by atoms with Crippen LogP contribution in [-0.4, -0.2) is 36.2 Å². The Morgan fingerprint density at radius 3 is 2.47 bits per heavy atom.